The van der Waals surface area contributed by atoms with E-state index in [2.05, 4.69) is 13.8 Å². The van der Waals surface area contributed by atoms with Crippen molar-refractivity contribution in [2.24, 2.45) is 17.8 Å². The van der Waals surface area contributed by atoms with Crippen molar-refractivity contribution in [3.63, 3.8) is 0 Å². The molecule has 0 saturated heterocycles. The van der Waals surface area contributed by atoms with Crippen molar-refractivity contribution in [2.45, 2.75) is 128 Å². The molecule has 208 valence electrons. The van der Waals surface area contributed by atoms with Crippen LogP contribution in [0.25, 0.3) is 0 Å². The van der Waals surface area contributed by atoms with E-state index in [-0.39, 0.29) is 30.5 Å². The Hall–Kier alpha value is -1.36. The van der Waals surface area contributed by atoms with Crippen molar-refractivity contribution >= 4 is 0 Å². The van der Waals surface area contributed by atoms with Crippen molar-refractivity contribution in [3.8, 4) is 0 Å². The van der Waals surface area contributed by atoms with Gasteiger partial charge in [0.2, 0.25) is 0 Å². The van der Waals surface area contributed by atoms with E-state index in [0.717, 1.165) is 70.1 Å². The molecular formula is C32H46F4O. The number of rotatable bonds is 10. The lowest BCUT2D eigenvalue weighted by Gasteiger charge is -2.32. The van der Waals surface area contributed by atoms with E-state index >= 15 is 8.78 Å². The molecule has 5 heteroatoms. The van der Waals surface area contributed by atoms with Gasteiger partial charge in [0.25, 0.3) is 0 Å². The fourth-order valence-electron chi connectivity index (χ4n) is 7.10. The quantitative estimate of drug-likeness (QED) is 0.278. The minimum Gasteiger partial charge on any atom is -0.377 e. The second-order valence-electron chi connectivity index (χ2n) is 12.0. The second kappa shape index (κ2) is 13.6. The van der Waals surface area contributed by atoms with E-state index in [1.165, 1.54) is 12.8 Å². The molecule has 37 heavy (non-hydrogen) atoms. The van der Waals surface area contributed by atoms with Gasteiger partial charge in [-0.05, 0) is 99.5 Å². The third kappa shape index (κ3) is 6.99. The highest BCUT2D eigenvalue weighted by Crippen LogP contribution is 2.42. The van der Waals surface area contributed by atoms with E-state index in [1.807, 2.05) is 12.1 Å². The molecule has 2 atom stereocenters. The standard InChI is InChI=1S/C32H46F4O/c1-3-5-7-24-12-13-25(30(34)29(24)33)20-37-26-16-14-23(15-17-26)28-19-18-27(31(35)32(28)36)22-10-8-21(6-4-2)9-11-22/h18-19,21-26H,3-17,20H2,1-2H3. The van der Waals surface area contributed by atoms with Crippen LogP contribution in [0.15, 0.2) is 23.8 Å². The van der Waals surface area contributed by atoms with Crippen molar-refractivity contribution in [1.82, 2.24) is 0 Å². The molecule has 3 aliphatic rings. The molecule has 4 rings (SSSR count). The lowest BCUT2D eigenvalue weighted by atomic mass is 9.76. The first kappa shape index (κ1) is 28.6. The minimum absolute atomic E-state index is 0.0215. The fraction of sp³-hybridized carbons (Fsp3) is 0.750. The SMILES string of the molecule is CCCCC1CCC(COC2CCC(c3ccc(C4CCC(CCC)CC4)c(F)c3F)CC2)C(F)=C1F. The van der Waals surface area contributed by atoms with Crippen LogP contribution in [-0.4, -0.2) is 12.7 Å². The van der Waals surface area contributed by atoms with Gasteiger partial charge in [0.15, 0.2) is 11.6 Å². The van der Waals surface area contributed by atoms with Gasteiger partial charge in [0, 0.05) is 11.8 Å². The highest BCUT2D eigenvalue weighted by Gasteiger charge is 2.33. The van der Waals surface area contributed by atoms with Crippen LogP contribution >= 0.6 is 0 Å². The molecule has 2 saturated carbocycles. The van der Waals surface area contributed by atoms with Gasteiger partial charge in [-0.1, -0.05) is 51.7 Å². The summed E-state index contributed by atoms with van der Waals surface area (Å²) in [7, 11) is 0. The summed E-state index contributed by atoms with van der Waals surface area (Å²) in [5, 5.41) is 0. The van der Waals surface area contributed by atoms with Crippen molar-refractivity contribution in [2.75, 3.05) is 6.61 Å². The van der Waals surface area contributed by atoms with Gasteiger partial charge in [0.05, 0.1) is 12.7 Å². The Morgan fingerprint density at radius 1 is 0.649 bits per heavy atom. The van der Waals surface area contributed by atoms with Gasteiger partial charge >= 0.3 is 0 Å². The number of hydrogen-bond donors (Lipinski definition) is 0. The average Bonchev–Trinajstić information content (AvgIpc) is 2.92. The lowest BCUT2D eigenvalue weighted by molar-refractivity contribution is 0.00188. The normalized spacial score (nSPS) is 31.1. The Morgan fingerprint density at radius 2 is 1.19 bits per heavy atom. The Balaban J connectivity index is 1.27. The molecule has 0 bridgehead atoms. The van der Waals surface area contributed by atoms with Crippen molar-refractivity contribution < 1.29 is 22.3 Å². The molecule has 0 radical (unpaired) electrons. The Bertz CT molecular complexity index is 896. The molecule has 2 fully saturated rings. The first-order valence-corrected chi connectivity index (χ1v) is 15.1. The second-order valence-corrected chi connectivity index (χ2v) is 12.0. The molecule has 0 aliphatic heterocycles. The van der Waals surface area contributed by atoms with Crippen LogP contribution in [0.1, 0.15) is 133 Å². The molecular weight excluding hydrogens is 476 g/mol. The highest BCUT2D eigenvalue weighted by molar-refractivity contribution is 5.32. The largest absolute Gasteiger partial charge is 0.377 e. The van der Waals surface area contributed by atoms with Crippen LogP contribution in [0.5, 0.6) is 0 Å². The number of unbranched alkanes of at least 4 members (excludes halogenated alkanes) is 1. The summed E-state index contributed by atoms with van der Waals surface area (Å²) < 4.78 is 65.4. The van der Waals surface area contributed by atoms with Crippen molar-refractivity contribution in [3.05, 3.63) is 46.5 Å². The van der Waals surface area contributed by atoms with Crippen molar-refractivity contribution in [1.29, 1.82) is 0 Å². The van der Waals surface area contributed by atoms with Gasteiger partial charge in [-0.2, -0.15) is 0 Å². The minimum atomic E-state index is -0.667. The summed E-state index contributed by atoms with van der Waals surface area (Å²) in [5.74, 6) is -2.42. The smallest absolute Gasteiger partial charge is 0.162 e. The van der Waals surface area contributed by atoms with E-state index in [4.69, 9.17) is 4.74 Å². The zero-order valence-corrected chi connectivity index (χ0v) is 22.9. The Morgan fingerprint density at radius 3 is 1.76 bits per heavy atom. The predicted molar refractivity (Wildman–Crippen MR) is 142 cm³/mol. The summed E-state index contributed by atoms with van der Waals surface area (Å²) in [4.78, 5) is 0. The summed E-state index contributed by atoms with van der Waals surface area (Å²) >= 11 is 0. The van der Waals surface area contributed by atoms with Gasteiger partial charge in [-0.25, -0.2) is 17.6 Å². The molecule has 1 aromatic rings. The average molecular weight is 523 g/mol. The van der Waals surface area contributed by atoms with Crippen LogP contribution in [-0.2, 0) is 4.74 Å². The van der Waals surface area contributed by atoms with Crippen LogP contribution in [0.4, 0.5) is 17.6 Å². The van der Waals surface area contributed by atoms with Gasteiger partial charge in [-0.15, -0.1) is 0 Å². The lowest BCUT2D eigenvalue weighted by Crippen LogP contribution is -2.26. The molecule has 0 heterocycles. The van der Waals surface area contributed by atoms with Gasteiger partial charge in [-0.3, -0.25) is 0 Å². The zero-order chi connectivity index (χ0) is 26.4. The topological polar surface area (TPSA) is 9.23 Å². The van der Waals surface area contributed by atoms with Gasteiger partial charge in [0.1, 0.15) is 11.7 Å². The number of ether oxygens (including phenoxy) is 1. The van der Waals surface area contributed by atoms with E-state index in [0.29, 0.717) is 30.4 Å². The van der Waals surface area contributed by atoms with Gasteiger partial charge < -0.3 is 4.74 Å². The fourth-order valence-corrected chi connectivity index (χ4v) is 7.10. The zero-order valence-electron chi connectivity index (χ0n) is 22.9. The molecule has 1 nitrogen and oxygen atoms in total. The highest BCUT2D eigenvalue weighted by atomic mass is 19.2. The molecule has 3 aliphatic carbocycles. The maximum atomic E-state index is 15.2. The summed E-state index contributed by atoms with van der Waals surface area (Å²) in [5.41, 5.74) is 1.04. The number of hydrogen-bond acceptors (Lipinski definition) is 1. The molecule has 0 aromatic heterocycles. The summed E-state index contributed by atoms with van der Waals surface area (Å²) in [6.45, 7) is 4.47. The molecule has 0 amide bonds. The first-order valence-electron chi connectivity index (χ1n) is 15.1. The predicted octanol–water partition coefficient (Wildman–Crippen LogP) is 10.4. The molecule has 2 unspecified atom stereocenters. The monoisotopic (exact) mass is 522 g/mol. The molecule has 0 N–H and O–H groups in total. The summed E-state index contributed by atoms with van der Waals surface area (Å²) in [6.07, 6.45) is 13.3. The first-order chi connectivity index (χ1) is 17.9. The van der Waals surface area contributed by atoms with E-state index < -0.39 is 29.2 Å². The number of allylic oxidation sites excluding steroid dienone is 1. The van der Waals surface area contributed by atoms with E-state index in [1.54, 1.807) is 0 Å². The third-order valence-corrected chi connectivity index (χ3v) is 9.49. The Kier molecular flexibility index (Phi) is 10.5. The number of halogens is 4. The molecule has 1 aromatic carbocycles. The van der Waals surface area contributed by atoms with Crippen LogP contribution < -0.4 is 0 Å². The maximum absolute atomic E-state index is 15.2. The maximum Gasteiger partial charge on any atom is 0.162 e. The summed E-state index contributed by atoms with van der Waals surface area (Å²) in [6, 6.07) is 3.65. The third-order valence-electron chi connectivity index (χ3n) is 9.49. The van der Waals surface area contributed by atoms with Crippen LogP contribution in [0.3, 0.4) is 0 Å². The van der Waals surface area contributed by atoms with Crippen LogP contribution in [0.2, 0.25) is 0 Å². The molecule has 0 spiro atoms. The van der Waals surface area contributed by atoms with Crippen LogP contribution in [0, 0.1) is 29.4 Å². The Labute approximate surface area is 221 Å². The number of benzene rings is 1. The van der Waals surface area contributed by atoms with E-state index in [9.17, 15) is 8.78 Å².